The maximum absolute atomic E-state index is 13.7. The smallest absolute Gasteiger partial charge is 0.271 e. The second-order valence-electron chi connectivity index (χ2n) is 7.79. The minimum Gasteiger partial charge on any atom is -0.497 e. The molecular weight excluding hydrogens is 548 g/mol. The van der Waals surface area contributed by atoms with Gasteiger partial charge in [-0.3, -0.25) is 14.5 Å². The number of hydrogen-bond donors (Lipinski definition) is 0. The van der Waals surface area contributed by atoms with Crippen LogP contribution in [-0.4, -0.2) is 30.4 Å². The van der Waals surface area contributed by atoms with Crippen LogP contribution in [0.2, 0.25) is 0 Å². The highest BCUT2D eigenvalue weighted by Crippen LogP contribution is 2.47. The summed E-state index contributed by atoms with van der Waals surface area (Å²) >= 11 is 10.2. The van der Waals surface area contributed by atoms with Crippen molar-refractivity contribution >= 4 is 73.0 Å². The number of ether oxygens (including phenoxy) is 2. The van der Waals surface area contributed by atoms with Gasteiger partial charge in [0.25, 0.3) is 11.8 Å². The molecule has 3 aromatic carbocycles. The maximum Gasteiger partial charge on any atom is 0.271 e. The number of rotatable bonds is 5. The highest BCUT2D eigenvalue weighted by atomic mass is 79.9. The molecule has 0 atom stereocenters. The number of methoxy groups -OCH3 is 2. The fourth-order valence-corrected chi connectivity index (χ4v) is 5.98. The van der Waals surface area contributed by atoms with Crippen LogP contribution in [0.4, 0.5) is 11.4 Å². The minimum absolute atomic E-state index is 0.232. The lowest BCUT2D eigenvalue weighted by molar-refractivity contribution is -0.115. The van der Waals surface area contributed by atoms with E-state index in [1.807, 2.05) is 48.5 Å². The molecule has 35 heavy (non-hydrogen) atoms. The van der Waals surface area contributed by atoms with Gasteiger partial charge in [-0.25, -0.2) is 0 Å². The van der Waals surface area contributed by atoms with Crippen LogP contribution in [0.25, 0.3) is 5.57 Å². The van der Waals surface area contributed by atoms with E-state index in [9.17, 15) is 9.59 Å². The molecule has 0 aliphatic carbocycles. The van der Waals surface area contributed by atoms with Gasteiger partial charge in [0.2, 0.25) is 0 Å². The van der Waals surface area contributed by atoms with E-state index < -0.39 is 0 Å². The summed E-state index contributed by atoms with van der Waals surface area (Å²) in [7, 11) is 3.07. The van der Waals surface area contributed by atoms with Crippen molar-refractivity contribution in [3.63, 3.8) is 0 Å². The number of halogens is 1. The topological polar surface area (TPSA) is 59.1 Å². The number of benzene rings is 3. The van der Waals surface area contributed by atoms with E-state index in [0.717, 1.165) is 27.5 Å². The van der Waals surface area contributed by atoms with Gasteiger partial charge < -0.3 is 14.4 Å². The van der Waals surface area contributed by atoms with Crippen molar-refractivity contribution in [2.24, 2.45) is 0 Å². The molecule has 0 spiro atoms. The Kier molecular flexibility index (Phi) is 6.39. The lowest BCUT2D eigenvalue weighted by Crippen LogP contribution is -2.29. The predicted octanol–water partition coefficient (Wildman–Crippen LogP) is 5.79. The Labute approximate surface area is 220 Å². The molecule has 9 heteroatoms. The van der Waals surface area contributed by atoms with E-state index in [4.69, 9.17) is 21.7 Å². The Bertz CT molecular complexity index is 1420. The van der Waals surface area contributed by atoms with Crippen molar-refractivity contribution in [3.05, 3.63) is 87.2 Å². The molecule has 176 valence electrons. The number of fused-ring (bicyclic) bond motifs is 1. The average Bonchev–Trinajstić information content (AvgIpc) is 3.30. The highest BCUT2D eigenvalue weighted by Gasteiger charge is 2.43. The molecule has 2 amide bonds. The molecule has 0 bridgehead atoms. The molecule has 1 saturated heterocycles. The Hall–Kier alpha value is -3.14. The van der Waals surface area contributed by atoms with Crippen LogP contribution >= 0.6 is 39.9 Å². The quantitative estimate of drug-likeness (QED) is 0.288. The van der Waals surface area contributed by atoms with Crippen LogP contribution in [-0.2, 0) is 16.1 Å². The predicted molar refractivity (Wildman–Crippen MR) is 146 cm³/mol. The number of carbonyl (C=O) groups excluding carboxylic acids is 2. The molecule has 1 fully saturated rings. The van der Waals surface area contributed by atoms with Crippen molar-refractivity contribution in [2.45, 2.75) is 6.54 Å². The summed E-state index contributed by atoms with van der Waals surface area (Å²) in [5.74, 6) is 0.436. The van der Waals surface area contributed by atoms with Crippen LogP contribution < -0.4 is 19.3 Å². The van der Waals surface area contributed by atoms with Crippen LogP contribution in [0.5, 0.6) is 11.5 Å². The van der Waals surface area contributed by atoms with E-state index in [1.165, 1.54) is 12.0 Å². The Morgan fingerprint density at radius 3 is 2.46 bits per heavy atom. The van der Waals surface area contributed by atoms with Crippen molar-refractivity contribution in [1.29, 1.82) is 0 Å². The number of nitrogens with zero attached hydrogens (tertiary/aromatic N) is 2. The number of amides is 2. The van der Waals surface area contributed by atoms with Gasteiger partial charge in [-0.2, -0.15) is 0 Å². The first-order valence-corrected chi connectivity index (χ1v) is 12.6. The molecule has 6 nitrogen and oxygen atoms in total. The van der Waals surface area contributed by atoms with E-state index in [1.54, 1.807) is 30.2 Å². The Balaban J connectivity index is 1.59. The van der Waals surface area contributed by atoms with Gasteiger partial charge in [0, 0.05) is 16.1 Å². The zero-order chi connectivity index (χ0) is 24.7. The summed E-state index contributed by atoms with van der Waals surface area (Å²) in [6.07, 6.45) is 0. The highest BCUT2D eigenvalue weighted by molar-refractivity contribution is 9.10. The molecule has 0 N–H and O–H groups in total. The molecule has 2 heterocycles. The number of para-hydroxylation sites is 1. The van der Waals surface area contributed by atoms with Crippen molar-refractivity contribution in [2.75, 3.05) is 24.0 Å². The third kappa shape index (κ3) is 4.13. The molecule has 0 aromatic heterocycles. The fourth-order valence-electron chi connectivity index (χ4n) is 4.17. The first-order valence-electron chi connectivity index (χ1n) is 10.6. The van der Waals surface area contributed by atoms with Gasteiger partial charge in [0.15, 0.2) is 4.32 Å². The first-order chi connectivity index (χ1) is 16.9. The second kappa shape index (κ2) is 9.49. The molecule has 2 aliphatic heterocycles. The average molecular weight is 567 g/mol. The van der Waals surface area contributed by atoms with Crippen molar-refractivity contribution in [3.8, 4) is 11.5 Å². The maximum atomic E-state index is 13.7. The SMILES string of the molecule is COc1ccc(OC)c(N2C(=O)C(=C3C(=O)N(Cc4cccc(Br)c4)c4ccccc43)SC2=S)c1. The van der Waals surface area contributed by atoms with E-state index >= 15 is 0 Å². The van der Waals surface area contributed by atoms with Crippen LogP contribution in [0.1, 0.15) is 11.1 Å². The number of carbonyl (C=O) groups is 2. The molecule has 0 unspecified atom stereocenters. The zero-order valence-electron chi connectivity index (χ0n) is 18.8. The first kappa shape index (κ1) is 23.6. The summed E-state index contributed by atoms with van der Waals surface area (Å²) in [4.78, 5) is 30.9. The summed E-state index contributed by atoms with van der Waals surface area (Å²) in [6, 6.07) is 20.5. The monoisotopic (exact) mass is 566 g/mol. The third-order valence-electron chi connectivity index (χ3n) is 5.78. The Morgan fingerprint density at radius 2 is 1.71 bits per heavy atom. The van der Waals surface area contributed by atoms with Gasteiger partial charge in [-0.1, -0.05) is 70.2 Å². The van der Waals surface area contributed by atoms with Gasteiger partial charge >= 0.3 is 0 Å². The van der Waals surface area contributed by atoms with Crippen molar-refractivity contribution in [1.82, 2.24) is 0 Å². The number of thioether (sulfide) groups is 1. The van der Waals surface area contributed by atoms with Gasteiger partial charge in [0.05, 0.1) is 42.6 Å². The van der Waals surface area contributed by atoms with E-state index in [0.29, 0.717) is 44.1 Å². The fraction of sp³-hybridized carbons (Fsp3) is 0.115. The molecule has 0 radical (unpaired) electrons. The van der Waals surface area contributed by atoms with Gasteiger partial charge in [-0.15, -0.1) is 0 Å². The van der Waals surface area contributed by atoms with Crippen molar-refractivity contribution < 1.29 is 19.1 Å². The number of thiocarbonyl (C=S) groups is 1. The van der Waals surface area contributed by atoms with E-state index in [-0.39, 0.29) is 11.8 Å². The summed E-state index contributed by atoms with van der Waals surface area (Å²) in [5.41, 5.74) is 3.27. The third-order valence-corrected chi connectivity index (χ3v) is 7.64. The molecular formula is C26H19BrN2O4S2. The molecule has 0 saturated carbocycles. The number of hydrogen-bond acceptors (Lipinski definition) is 6. The lowest BCUT2D eigenvalue weighted by atomic mass is 10.1. The molecule has 3 aromatic rings. The summed E-state index contributed by atoms with van der Waals surface area (Å²) < 4.78 is 12.1. The lowest BCUT2D eigenvalue weighted by Gasteiger charge is -2.19. The zero-order valence-corrected chi connectivity index (χ0v) is 22.0. The van der Waals surface area contributed by atoms with Gasteiger partial charge in [-0.05, 0) is 35.9 Å². The molecule has 2 aliphatic rings. The normalized spacial score (nSPS) is 17.3. The van der Waals surface area contributed by atoms with Crippen LogP contribution in [0.15, 0.2) is 76.1 Å². The van der Waals surface area contributed by atoms with Crippen LogP contribution in [0, 0.1) is 0 Å². The largest absolute Gasteiger partial charge is 0.497 e. The second-order valence-corrected chi connectivity index (χ2v) is 10.3. The minimum atomic E-state index is -0.367. The van der Waals surface area contributed by atoms with Crippen LogP contribution in [0.3, 0.4) is 0 Å². The summed E-state index contributed by atoms with van der Waals surface area (Å²) in [5, 5.41) is 0. The summed E-state index contributed by atoms with van der Waals surface area (Å²) in [6.45, 7) is 0.378. The van der Waals surface area contributed by atoms with E-state index in [2.05, 4.69) is 15.9 Å². The Morgan fingerprint density at radius 1 is 0.914 bits per heavy atom. The standard InChI is InChI=1S/C26H19BrN2O4S2/c1-32-17-10-11-21(33-2)20(13-17)29-25(31)23(35-26(29)34)22-18-8-3-4-9-19(18)28(24(22)30)14-15-6-5-7-16(27)12-15/h3-13H,14H2,1-2H3. The van der Waals surface area contributed by atoms with Gasteiger partial charge in [0.1, 0.15) is 11.5 Å². The number of anilines is 2. The molecule has 5 rings (SSSR count).